The van der Waals surface area contributed by atoms with Crippen molar-refractivity contribution in [2.45, 2.75) is 31.8 Å². The molecule has 1 atom stereocenters. The lowest BCUT2D eigenvalue weighted by atomic mass is 9.97. The maximum absolute atomic E-state index is 12.3. The Morgan fingerprint density at radius 2 is 2.08 bits per heavy atom. The van der Waals surface area contributed by atoms with Crippen molar-refractivity contribution in [3.05, 3.63) is 17.7 Å². The van der Waals surface area contributed by atoms with Crippen LogP contribution in [-0.2, 0) is 10.0 Å². The molecule has 4 rings (SSSR count). The van der Waals surface area contributed by atoms with Crippen molar-refractivity contribution >= 4 is 26.7 Å². The van der Waals surface area contributed by atoms with Crippen LogP contribution in [-0.4, -0.2) is 55.0 Å². The normalized spacial score (nSPS) is 20.2. The highest BCUT2D eigenvalue weighted by Gasteiger charge is 2.39. The Kier molecular flexibility index (Phi) is 3.97. The number of nitrogens with two attached hydrogens (primary N) is 1. The standard InChI is InChI=1S/C16H23N5O3S/c1-10(21(13-3-4-13)25(2,22)23)12-5-14-16(19-24-18-14)15(6-12)20-8-11(7-17)9-20/h5-6,10-11,13H,3-4,7-9,17H2,1-2H3. The van der Waals surface area contributed by atoms with Crippen LogP contribution in [0.15, 0.2) is 16.8 Å². The van der Waals surface area contributed by atoms with Gasteiger partial charge in [0.15, 0.2) is 5.52 Å². The minimum atomic E-state index is -3.28. The van der Waals surface area contributed by atoms with Gasteiger partial charge in [-0.15, -0.1) is 0 Å². The van der Waals surface area contributed by atoms with E-state index in [4.69, 9.17) is 10.4 Å². The van der Waals surface area contributed by atoms with E-state index >= 15 is 0 Å². The molecule has 0 bridgehead atoms. The van der Waals surface area contributed by atoms with Crippen molar-refractivity contribution in [2.75, 3.05) is 30.8 Å². The summed E-state index contributed by atoms with van der Waals surface area (Å²) in [4.78, 5) is 2.20. The smallest absolute Gasteiger partial charge is 0.212 e. The van der Waals surface area contributed by atoms with Crippen LogP contribution < -0.4 is 10.6 Å². The van der Waals surface area contributed by atoms with Gasteiger partial charge in [0.25, 0.3) is 0 Å². The summed E-state index contributed by atoms with van der Waals surface area (Å²) in [5.41, 5.74) is 8.94. The second-order valence-corrected chi connectivity index (χ2v) is 9.07. The SMILES string of the molecule is CC(c1cc(N2CC(CN)C2)c2nonc2c1)N(C1CC1)S(C)(=O)=O. The molecule has 0 amide bonds. The van der Waals surface area contributed by atoms with E-state index < -0.39 is 10.0 Å². The molecule has 136 valence electrons. The first-order chi connectivity index (χ1) is 11.9. The summed E-state index contributed by atoms with van der Waals surface area (Å²) in [6.45, 7) is 4.33. The van der Waals surface area contributed by atoms with E-state index in [1.54, 1.807) is 4.31 Å². The number of aromatic nitrogens is 2. The minimum absolute atomic E-state index is 0.102. The summed E-state index contributed by atoms with van der Waals surface area (Å²) in [7, 11) is -3.28. The Bertz CT molecular complexity index is 886. The number of hydrogen-bond donors (Lipinski definition) is 1. The number of fused-ring (bicyclic) bond motifs is 1. The van der Waals surface area contributed by atoms with Crippen LogP contribution >= 0.6 is 0 Å². The molecular formula is C16H23N5O3S. The number of anilines is 1. The summed E-state index contributed by atoms with van der Waals surface area (Å²) in [5, 5.41) is 8.00. The first-order valence-corrected chi connectivity index (χ1v) is 10.4. The van der Waals surface area contributed by atoms with Crippen LogP contribution in [0.25, 0.3) is 11.0 Å². The number of hydrogen-bond acceptors (Lipinski definition) is 7. The molecule has 2 heterocycles. The monoisotopic (exact) mass is 365 g/mol. The van der Waals surface area contributed by atoms with Gasteiger partial charge in [-0.1, -0.05) is 0 Å². The van der Waals surface area contributed by atoms with E-state index in [1.807, 2.05) is 19.1 Å². The van der Waals surface area contributed by atoms with Crippen LogP contribution in [0, 0.1) is 5.92 Å². The number of sulfonamides is 1. The third-order valence-electron chi connectivity index (χ3n) is 5.15. The Morgan fingerprint density at radius 1 is 1.36 bits per heavy atom. The molecule has 8 nitrogen and oxygen atoms in total. The molecule has 2 fully saturated rings. The first-order valence-electron chi connectivity index (χ1n) is 8.58. The molecule has 25 heavy (non-hydrogen) atoms. The molecule has 0 spiro atoms. The van der Waals surface area contributed by atoms with Crippen molar-refractivity contribution in [3.8, 4) is 0 Å². The topological polar surface area (TPSA) is 106 Å². The fourth-order valence-electron chi connectivity index (χ4n) is 3.64. The summed E-state index contributed by atoms with van der Waals surface area (Å²) in [6.07, 6.45) is 3.12. The molecule has 2 aromatic rings. The summed E-state index contributed by atoms with van der Waals surface area (Å²) < 4.78 is 31.1. The van der Waals surface area contributed by atoms with Crippen LogP contribution in [0.3, 0.4) is 0 Å². The van der Waals surface area contributed by atoms with Crippen molar-refractivity contribution < 1.29 is 13.0 Å². The first kappa shape index (κ1) is 16.7. The summed E-state index contributed by atoms with van der Waals surface area (Å²) in [5.74, 6) is 0.481. The van der Waals surface area contributed by atoms with Gasteiger partial charge in [0.05, 0.1) is 11.9 Å². The lowest BCUT2D eigenvalue weighted by Crippen LogP contribution is -2.50. The van der Waals surface area contributed by atoms with Crippen molar-refractivity contribution in [1.82, 2.24) is 14.6 Å². The Labute approximate surface area is 147 Å². The molecule has 1 aromatic carbocycles. The third kappa shape index (κ3) is 3.00. The van der Waals surface area contributed by atoms with E-state index in [2.05, 4.69) is 15.2 Å². The molecule has 1 saturated carbocycles. The molecule has 1 aliphatic carbocycles. The highest BCUT2D eigenvalue weighted by Crippen LogP contribution is 2.39. The number of rotatable bonds is 6. The van der Waals surface area contributed by atoms with E-state index in [1.165, 1.54) is 6.26 Å². The van der Waals surface area contributed by atoms with Gasteiger partial charge in [-0.25, -0.2) is 13.0 Å². The van der Waals surface area contributed by atoms with Gasteiger partial charge < -0.3 is 10.6 Å². The molecule has 9 heteroatoms. The molecular weight excluding hydrogens is 342 g/mol. The molecule has 1 unspecified atom stereocenters. The number of nitrogens with zero attached hydrogens (tertiary/aromatic N) is 4. The summed E-state index contributed by atoms with van der Waals surface area (Å²) >= 11 is 0. The minimum Gasteiger partial charge on any atom is -0.369 e. The van der Waals surface area contributed by atoms with E-state index in [9.17, 15) is 8.42 Å². The van der Waals surface area contributed by atoms with Gasteiger partial charge >= 0.3 is 0 Å². The lowest BCUT2D eigenvalue weighted by molar-refractivity contribution is 0.315. The van der Waals surface area contributed by atoms with Crippen LogP contribution in [0.2, 0.25) is 0 Å². The highest BCUT2D eigenvalue weighted by atomic mass is 32.2. The molecule has 1 saturated heterocycles. The Hall–Kier alpha value is -1.71. The Morgan fingerprint density at radius 3 is 2.68 bits per heavy atom. The zero-order valence-electron chi connectivity index (χ0n) is 14.4. The van der Waals surface area contributed by atoms with Gasteiger partial charge in [0.1, 0.15) is 5.52 Å². The largest absolute Gasteiger partial charge is 0.369 e. The predicted molar refractivity (Wildman–Crippen MR) is 94.7 cm³/mol. The molecule has 1 aromatic heterocycles. The van der Waals surface area contributed by atoms with Crippen LogP contribution in [0.4, 0.5) is 5.69 Å². The van der Waals surface area contributed by atoms with Crippen LogP contribution in [0.1, 0.15) is 31.4 Å². The van der Waals surface area contributed by atoms with Gasteiger partial charge in [0, 0.05) is 31.1 Å². The third-order valence-corrected chi connectivity index (χ3v) is 6.53. The second kappa shape index (κ2) is 5.93. The highest BCUT2D eigenvalue weighted by molar-refractivity contribution is 7.88. The fraction of sp³-hybridized carbons (Fsp3) is 0.625. The second-order valence-electron chi connectivity index (χ2n) is 7.18. The van der Waals surface area contributed by atoms with E-state index in [0.717, 1.165) is 37.2 Å². The van der Waals surface area contributed by atoms with Crippen LogP contribution in [0.5, 0.6) is 0 Å². The average Bonchev–Trinajstić information content (AvgIpc) is 3.20. The number of benzene rings is 1. The van der Waals surface area contributed by atoms with Gasteiger partial charge in [-0.05, 0) is 54.3 Å². The zero-order valence-corrected chi connectivity index (χ0v) is 15.2. The molecule has 0 radical (unpaired) electrons. The zero-order chi connectivity index (χ0) is 17.8. The van der Waals surface area contributed by atoms with E-state index in [0.29, 0.717) is 23.5 Å². The Balaban J connectivity index is 1.72. The molecule has 2 N–H and O–H groups in total. The van der Waals surface area contributed by atoms with Gasteiger partial charge in [-0.2, -0.15) is 4.31 Å². The van der Waals surface area contributed by atoms with Crippen molar-refractivity contribution in [3.63, 3.8) is 0 Å². The maximum atomic E-state index is 12.3. The fourth-order valence-corrected chi connectivity index (χ4v) is 5.09. The average molecular weight is 365 g/mol. The quantitative estimate of drug-likeness (QED) is 0.817. The van der Waals surface area contributed by atoms with Gasteiger partial charge in [0.2, 0.25) is 10.0 Å². The maximum Gasteiger partial charge on any atom is 0.212 e. The van der Waals surface area contributed by atoms with E-state index in [-0.39, 0.29) is 12.1 Å². The molecule has 1 aliphatic heterocycles. The predicted octanol–water partition coefficient (Wildman–Crippen LogP) is 1.10. The van der Waals surface area contributed by atoms with Gasteiger partial charge in [-0.3, -0.25) is 0 Å². The lowest BCUT2D eigenvalue weighted by Gasteiger charge is -2.40. The van der Waals surface area contributed by atoms with Crippen molar-refractivity contribution in [1.29, 1.82) is 0 Å². The summed E-state index contributed by atoms with van der Waals surface area (Å²) in [6, 6.07) is 3.74. The molecule has 2 aliphatic rings. The van der Waals surface area contributed by atoms with Crippen molar-refractivity contribution in [2.24, 2.45) is 11.7 Å².